The Bertz CT molecular complexity index is 1020. The summed E-state index contributed by atoms with van der Waals surface area (Å²) in [7, 11) is -4.35. The Balaban J connectivity index is 0.000000308. The zero-order valence-corrected chi connectivity index (χ0v) is 17.4. The number of nitrogens with zero attached hydrogens (tertiary/aromatic N) is 3. The van der Waals surface area contributed by atoms with Gasteiger partial charge in [0.15, 0.2) is 0 Å². The normalized spacial score (nSPS) is 10.3. The SMILES string of the molecule is CCN(CCOS(=O)(=O)O)c1cccc(C)c1.Cc1cc(C#N)cc(C#N)c1N. The molecule has 0 amide bonds. The highest BCUT2D eigenvalue weighted by Crippen LogP contribution is 2.18. The third-order valence-electron chi connectivity index (χ3n) is 3.98. The maximum atomic E-state index is 10.4. The maximum absolute atomic E-state index is 10.4. The highest BCUT2D eigenvalue weighted by atomic mass is 32.3. The van der Waals surface area contributed by atoms with E-state index in [2.05, 4.69) is 4.18 Å². The van der Waals surface area contributed by atoms with Crippen molar-refractivity contribution < 1.29 is 17.2 Å². The van der Waals surface area contributed by atoms with Crippen molar-refractivity contribution in [3.8, 4) is 12.1 Å². The summed E-state index contributed by atoms with van der Waals surface area (Å²) in [6.07, 6.45) is 0. The fourth-order valence-corrected chi connectivity index (χ4v) is 2.79. The van der Waals surface area contributed by atoms with Crippen LogP contribution in [0, 0.1) is 36.5 Å². The minimum absolute atomic E-state index is 0.0688. The number of nitrogen functional groups attached to an aromatic ring is 1. The van der Waals surface area contributed by atoms with E-state index in [9.17, 15) is 8.42 Å². The summed E-state index contributed by atoms with van der Waals surface area (Å²) >= 11 is 0. The van der Waals surface area contributed by atoms with Crippen molar-refractivity contribution in [2.75, 3.05) is 30.3 Å². The van der Waals surface area contributed by atoms with Gasteiger partial charge < -0.3 is 10.6 Å². The smallest absolute Gasteiger partial charge is 0.397 e. The largest absolute Gasteiger partial charge is 0.397 e. The van der Waals surface area contributed by atoms with Crippen LogP contribution in [0.3, 0.4) is 0 Å². The molecule has 2 rings (SSSR count). The first-order valence-corrected chi connectivity index (χ1v) is 10.1. The number of nitrogens with two attached hydrogens (primary N) is 1. The van der Waals surface area contributed by atoms with E-state index in [1.807, 2.05) is 55.2 Å². The zero-order chi connectivity index (χ0) is 22.0. The van der Waals surface area contributed by atoms with Crippen LogP contribution in [0.1, 0.15) is 29.2 Å². The molecule has 2 aromatic rings. The lowest BCUT2D eigenvalue weighted by molar-refractivity contribution is 0.274. The molecule has 0 bridgehead atoms. The van der Waals surface area contributed by atoms with E-state index in [1.165, 1.54) is 6.07 Å². The van der Waals surface area contributed by atoms with E-state index >= 15 is 0 Å². The molecule has 0 aliphatic heterocycles. The van der Waals surface area contributed by atoms with Gasteiger partial charge in [-0.15, -0.1) is 0 Å². The molecule has 154 valence electrons. The number of hydrogen-bond acceptors (Lipinski definition) is 7. The van der Waals surface area contributed by atoms with E-state index in [-0.39, 0.29) is 6.61 Å². The summed E-state index contributed by atoms with van der Waals surface area (Å²) in [5.74, 6) is 0. The van der Waals surface area contributed by atoms with Gasteiger partial charge in [0, 0.05) is 18.8 Å². The molecule has 0 aliphatic rings. The summed E-state index contributed by atoms with van der Waals surface area (Å²) in [6, 6.07) is 14.9. The first kappa shape index (κ1) is 23.9. The van der Waals surface area contributed by atoms with Gasteiger partial charge in [-0.25, -0.2) is 4.18 Å². The Morgan fingerprint density at radius 2 is 1.86 bits per heavy atom. The second-order valence-electron chi connectivity index (χ2n) is 6.15. The Hall–Kier alpha value is -3.11. The summed E-state index contributed by atoms with van der Waals surface area (Å²) < 4.78 is 33.6. The molecule has 0 radical (unpaired) electrons. The lowest BCUT2D eigenvalue weighted by Gasteiger charge is -2.22. The van der Waals surface area contributed by atoms with Gasteiger partial charge in [-0.05, 0) is 56.2 Å². The van der Waals surface area contributed by atoms with E-state index in [0.717, 1.165) is 23.4 Å². The number of hydrogen-bond donors (Lipinski definition) is 2. The Labute approximate surface area is 171 Å². The average molecular weight is 417 g/mol. The van der Waals surface area contributed by atoms with Crippen LogP contribution in [0.4, 0.5) is 11.4 Å². The molecular formula is C20H24N4O4S. The standard InChI is InChI=1S/C11H17NO4S.C9H7N3/c1-3-12(7-8-16-17(13,14)15)11-6-4-5-10(2)9-11;1-6-2-7(4-10)3-8(5-11)9(6)12/h4-6,9H,3,7-8H2,1-2H3,(H,13,14,15);2-3H,12H2,1H3. The van der Waals surface area contributed by atoms with Crippen molar-refractivity contribution in [1.29, 1.82) is 10.5 Å². The van der Waals surface area contributed by atoms with Gasteiger partial charge in [-0.3, -0.25) is 4.55 Å². The molecule has 8 nitrogen and oxygen atoms in total. The highest BCUT2D eigenvalue weighted by molar-refractivity contribution is 7.80. The molecular weight excluding hydrogens is 392 g/mol. The molecule has 0 fully saturated rings. The molecule has 0 saturated heterocycles. The summed E-state index contributed by atoms with van der Waals surface area (Å²) in [5.41, 5.74) is 9.79. The third kappa shape index (κ3) is 8.20. The van der Waals surface area contributed by atoms with Crippen LogP contribution in [0.2, 0.25) is 0 Å². The Morgan fingerprint density at radius 3 is 2.38 bits per heavy atom. The van der Waals surface area contributed by atoms with Crippen LogP contribution in [0.5, 0.6) is 0 Å². The van der Waals surface area contributed by atoms with Gasteiger partial charge in [-0.2, -0.15) is 18.9 Å². The van der Waals surface area contributed by atoms with Crippen LogP contribution in [0.15, 0.2) is 36.4 Å². The van der Waals surface area contributed by atoms with Crippen LogP contribution < -0.4 is 10.6 Å². The monoisotopic (exact) mass is 416 g/mol. The molecule has 0 aromatic heterocycles. The molecule has 3 N–H and O–H groups in total. The van der Waals surface area contributed by atoms with Gasteiger partial charge in [-0.1, -0.05) is 12.1 Å². The molecule has 0 unspecified atom stereocenters. The maximum Gasteiger partial charge on any atom is 0.397 e. The third-order valence-corrected chi connectivity index (χ3v) is 4.44. The number of aryl methyl sites for hydroxylation is 2. The van der Waals surface area contributed by atoms with Crippen LogP contribution >= 0.6 is 0 Å². The molecule has 2 aromatic carbocycles. The van der Waals surface area contributed by atoms with Gasteiger partial charge in [0.2, 0.25) is 0 Å². The molecule has 0 spiro atoms. The van der Waals surface area contributed by atoms with Crippen LogP contribution in [0.25, 0.3) is 0 Å². The summed E-state index contributed by atoms with van der Waals surface area (Å²) in [5, 5.41) is 17.2. The van der Waals surface area contributed by atoms with Crippen molar-refractivity contribution in [3.05, 3.63) is 58.7 Å². The number of likely N-dealkylation sites (N-methyl/N-ethyl adjacent to an activating group) is 1. The molecule has 0 heterocycles. The zero-order valence-electron chi connectivity index (χ0n) is 16.6. The number of nitriles is 2. The van der Waals surface area contributed by atoms with E-state index in [1.54, 1.807) is 13.0 Å². The highest BCUT2D eigenvalue weighted by Gasteiger charge is 2.08. The minimum atomic E-state index is -4.35. The summed E-state index contributed by atoms with van der Waals surface area (Å²) in [4.78, 5) is 1.97. The first-order chi connectivity index (χ1) is 13.6. The van der Waals surface area contributed by atoms with Crippen molar-refractivity contribution in [3.63, 3.8) is 0 Å². The quantitative estimate of drug-likeness (QED) is 0.541. The van der Waals surface area contributed by atoms with Gasteiger partial charge >= 0.3 is 10.4 Å². The molecule has 0 saturated carbocycles. The lowest BCUT2D eigenvalue weighted by atomic mass is 10.1. The molecule has 0 aliphatic carbocycles. The number of rotatable bonds is 6. The fraction of sp³-hybridized carbons (Fsp3) is 0.300. The lowest BCUT2D eigenvalue weighted by Crippen LogP contribution is -2.27. The van der Waals surface area contributed by atoms with Crippen LogP contribution in [-0.2, 0) is 14.6 Å². The van der Waals surface area contributed by atoms with Crippen LogP contribution in [-0.4, -0.2) is 32.7 Å². The molecule has 29 heavy (non-hydrogen) atoms. The number of benzene rings is 2. The van der Waals surface area contributed by atoms with Gasteiger partial charge in [0.25, 0.3) is 0 Å². The minimum Gasteiger partial charge on any atom is -0.397 e. The van der Waals surface area contributed by atoms with E-state index in [0.29, 0.717) is 23.4 Å². The number of anilines is 2. The second-order valence-corrected chi connectivity index (χ2v) is 7.24. The van der Waals surface area contributed by atoms with Crippen molar-refractivity contribution in [1.82, 2.24) is 0 Å². The van der Waals surface area contributed by atoms with Crippen molar-refractivity contribution in [2.24, 2.45) is 0 Å². The predicted octanol–water partition coefficient (Wildman–Crippen LogP) is 2.96. The van der Waals surface area contributed by atoms with Crippen molar-refractivity contribution >= 4 is 21.8 Å². The van der Waals surface area contributed by atoms with Gasteiger partial charge in [0.05, 0.1) is 29.5 Å². The first-order valence-electron chi connectivity index (χ1n) is 8.75. The van der Waals surface area contributed by atoms with E-state index < -0.39 is 10.4 Å². The average Bonchev–Trinajstić information content (AvgIpc) is 2.67. The molecule has 9 heteroatoms. The topological polar surface area (TPSA) is 140 Å². The van der Waals surface area contributed by atoms with E-state index in [4.69, 9.17) is 20.8 Å². The van der Waals surface area contributed by atoms with Crippen molar-refractivity contribution in [2.45, 2.75) is 20.8 Å². The summed E-state index contributed by atoms with van der Waals surface area (Å²) in [6.45, 7) is 6.80. The fourth-order valence-electron chi connectivity index (χ4n) is 2.50. The predicted molar refractivity (Wildman–Crippen MR) is 112 cm³/mol. The Morgan fingerprint density at radius 1 is 1.17 bits per heavy atom. The second kappa shape index (κ2) is 11.0. The Kier molecular flexibility index (Phi) is 9.10. The van der Waals surface area contributed by atoms with Gasteiger partial charge in [0.1, 0.15) is 6.07 Å². The molecule has 0 atom stereocenters.